The molecule has 2 nitrogen and oxygen atoms in total. The fraction of sp³-hybridized carbons (Fsp3) is 0.816. The number of carbonyl (C=O) groups excluding carboxylic acids is 1. The Bertz CT molecular complexity index is 1230. The maximum absolute atomic E-state index is 13.0. The molecule has 4 rings (SSSR count). The first-order valence-corrected chi connectivity index (χ1v) is 22.3. The average molecular weight is 703 g/mol. The molecule has 8 atom stereocenters. The molecule has 51 heavy (non-hydrogen) atoms. The van der Waals surface area contributed by atoms with E-state index in [0.29, 0.717) is 29.1 Å². The van der Waals surface area contributed by atoms with Gasteiger partial charge in [-0.1, -0.05) is 127 Å². The van der Waals surface area contributed by atoms with Gasteiger partial charge >= 0.3 is 5.97 Å². The quantitative estimate of drug-likeness (QED) is 0.0717. The number of fused-ring (bicyclic) bond motifs is 4. The van der Waals surface area contributed by atoms with E-state index in [2.05, 4.69) is 86.6 Å². The van der Waals surface area contributed by atoms with E-state index in [1.807, 2.05) is 11.1 Å². The van der Waals surface area contributed by atoms with Gasteiger partial charge in [-0.2, -0.15) is 0 Å². The Morgan fingerprint density at radius 3 is 2.18 bits per heavy atom. The van der Waals surface area contributed by atoms with Gasteiger partial charge < -0.3 is 4.74 Å². The lowest BCUT2D eigenvalue weighted by Crippen LogP contribution is -2.52. The van der Waals surface area contributed by atoms with Crippen molar-refractivity contribution in [2.75, 3.05) is 0 Å². The second kappa shape index (κ2) is 19.7. The van der Waals surface area contributed by atoms with Gasteiger partial charge in [-0.3, -0.25) is 4.79 Å². The third-order valence-electron chi connectivity index (χ3n) is 15.7. The number of hydrogen-bond acceptors (Lipinski definition) is 2. The third kappa shape index (κ3) is 9.95. The average Bonchev–Trinajstić information content (AvgIpc) is 3.38. The van der Waals surface area contributed by atoms with Crippen LogP contribution in [0.25, 0.3) is 0 Å². The van der Waals surface area contributed by atoms with Gasteiger partial charge in [-0.15, -0.1) is 0 Å². The maximum atomic E-state index is 13.0. The number of ether oxygens (including phenoxy) is 1. The smallest absolute Gasteiger partial charge is 0.306 e. The van der Waals surface area contributed by atoms with Crippen LogP contribution >= 0.6 is 0 Å². The molecule has 2 saturated carbocycles. The number of unbranched alkanes of at least 4 members (excludes halogenated alkanes) is 8. The van der Waals surface area contributed by atoms with Gasteiger partial charge in [-0.05, 0) is 163 Å². The van der Waals surface area contributed by atoms with E-state index in [1.54, 1.807) is 11.1 Å². The standard InChI is InChI=1S/C49H82O2/c1-10-12-13-14-15-16-17-18-19-20-21-22-23-24-25-26-46(50)51-45-33-34-47(7)42(39(45)6)29-30-44-43(47)32-36-48(8)41(31-35-49(44,48)9)38(5)27-28-40(11-2)37(3)4/h15-16,18-19,38-39,41-42,45H,10-14,17,20-36H2,1-9H3. The molecular weight excluding hydrogens is 621 g/mol. The van der Waals surface area contributed by atoms with Crippen molar-refractivity contribution < 1.29 is 9.53 Å². The lowest BCUT2D eigenvalue weighted by atomic mass is 9.45. The zero-order chi connectivity index (χ0) is 37.1. The summed E-state index contributed by atoms with van der Waals surface area (Å²) in [6.07, 6.45) is 37.4. The van der Waals surface area contributed by atoms with Gasteiger partial charge in [0.25, 0.3) is 0 Å². The third-order valence-corrected chi connectivity index (χ3v) is 15.7. The molecule has 4 aliphatic carbocycles. The molecule has 8 unspecified atom stereocenters. The van der Waals surface area contributed by atoms with Crippen LogP contribution in [0.2, 0.25) is 0 Å². The largest absolute Gasteiger partial charge is 0.462 e. The number of carbonyl (C=O) groups is 1. The maximum Gasteiger partial charge on any atom is 0.306 e. The van der Waals surface area contributed by atoms with E-state index in [-0.39, 0.29) is 17.5 Å². The molecule has 0 aromatic rings. The summed E-state index contributed by atoms with van der Waals surface area (Å²) in [7, 11) is 0. The highest BCUT2D eigenvalue weighted by atomic mass is 16.5. The Labute approximate surface area is 317 Å². The van der Waals surface area contributed by atoms with Crippen LogP contribution in [-0.4, -0.2) is 12.1 Å². The van der Waals surface area contributed by atoms with Crippen LogP contribution in [-0.2, 0) is 9.53 Å². The van der Waals surface area contributed by atoms with Crippen LogP contribution < -0.4 is 0 Å². The first kappa shape index (κ1) is 42.2. The van der Waals surface area contributed by atoms with Crippen molar-refractivity contribution in [1.82, 2.24) is 0 Å². The van der Waals surface area contributed by atoms with Crippen LogP contribution in [0.5, 0.6) is 0 Å². The van der Waals surface area contributed by atoms with Gasteiger partial charge in [0.15, 0.2) is 0 Å². The summed E-state index contributed by atoms with van der Waals surface area (Å²) in [6.45, 7) is 22.2. The van der Waals surface area contributed by atoms with E-state index in [0.717, 1.165) is 37.5 Å². The van der Waals surface area contributed by atoms with Crippen molar-refractivity contribution in [1.29, 1.82) is 0 Å². The molecule has 0 aliphatic heterocycles. The molecular formula is C49H82O2. The molecule has 0 saturated heterocycles. The van der Waals surface area contributed by atoms with Gasteiger partial charge in [0.05, 0.1) is 0 Å². The van der Waals surface area contributed by atoms with E-state index < -0.39 is 0 Å². The molecule has 0 radical (unpaired) electrons. The van der Waals surface area contributed by atoms with Gasteiger partial charge in [0.1, 0.15) is 6.10 Å². The first-order valence-electron chi connectivity index (χ1n) is 22.3. The van der Waals surface area contributed by atoms with Crippen LogP contribution in [0.3, 0.4) is 0 Å². The minimum atomic E-state index is 0.0551. The lowest BCUT2D eigenvalue weighted by molar-refractivity contribution is -0.158. The van der Waals surface area contributed by atoms with Crippen LogP contribution in [0.15, 0.2) is 46.6 Å². The van der Waals surface area contributed by atoms with Crippen molar-refractivity contribution in [3.63, 3.8) is 0 Å². The molecule has 0 bridgehead atoms. The van der Waals surface area contributed by atoms with Gasteiger partial charge in [0, 0.05) is 6.42 Å². The van der Waals surface area contributed by atoms with Crippen LogP contribution in [0.1, 0.15) is 210 Å². The zero-order valence-corrected chi connectivity index (χ0v) is 35.3. The minimum Gasteiger partial charge on any atom is -0.462 e. The predicted octanol–water partition coefficient (Wildman–Crippen LogP) is 15.2. The summed E-state index contributed by atoms with van der Waals surface area (Å²) in [4.78, 5) is 13.0. The minimum absolute atomic E-state index is 0.0551. The summed E-state index contributed by atoms with van der Waals surface area (Å²) >= 11 is 0. The first-order chi connectivity index (χ1) is 24.4. The van der Waals surface area contributed by atoms with Crippen molar-refractivity contribution in [2.45, 2.75) is 216 Å². The molecule has 0 aromatic heterocycles. The highest BCUT2D eigenvalue weighted by molar-refractivity contribution is 5.69. The van der Waals surface area contributed by atoms with Crippen molar-refractivity contribution in [2.24, 2.45) is 39.9 Å². The van der Waals surface area contributed by atoms with E-state index >= 15 is 0 Å². The normalized spacial score (nSPS) is 32.6. The monoisotopic (exact) mass is 703 g/mol. The fourth-order valence-electron chi connectivity index (χ4n) is 12.1. The Morgan fingerprint density at radius 1 is 0.804 bits per heavy atom. The van der Waals surface area contributed by atoms with E-state index in [9.17, 15) is 4.79 Å². The number of hydrogen-bond donors (Lipinski definition) is 0. The Kier molecular flexibility index (Phi) is 16.3. The van der Waals surface area contributed by atoms with Crippen molar-refractivity contribution in [3.05, 3.63) is 46.6 Å². The summed E-state index contributed by atoms with van der Waals surface area (Å²) in [5.74, 6) is 2.78. The molecule has 0 heterocycles. The van der Waals surface area contributed by atoms with Crippen LogP contribution in [0.4, 0.5) is 0 Å². The molecule has 0 N–H and O–H groups in total. The summed E-state index contributed by atoms with van der Waals surface area (Å²) in [6, 6.07) is 0. The second-order valence-electron chi connectivity index (χ2n) is 18.8. The molecule has 4 aliphatic rings. The number of esters is 1. The predicted molar refractivity (Wildman–Crippen MR) is 221 cm³/mol. The Balaban J connectivity index is 1.21. The topological polar surface area (TPSA) is 26.3 Å². The zero-order valence-electron chi connectivity index (χ0n) is 35.3. The van der Waals surface area contributed by atoms with Gasteiger partial charge in [-0.25, -0.2) is 0 Å². The highest BCUT2D eigenvalue weighted by Crippen LogP contribution is 2.71. The summed E-state index contributed by atoms with van der Waals surface area (Å²) in [5, 5.41) is 0. The Morgan fingerprint density at radius 2 is 1.49 bits per heavy atom. The molecule has 2 fully saturated rings. The summed E-state index contributed by atoms with van der Waals surface area (Å²) < 4.78 is 6.29. The molecule has 2 heteroatoms. The summed E-state index contributed by atoms with van der Waals surface area (Å²) in [5.41, 5.74) is 8.02. The van der Waals surface area contributed by atoms with Crippen LogP contribution in [0, 0.1) is 39.9 Å². The molecule has 290 valence electrons. The van der Waals surface area contributed by atoms with E-state index in [1.165, 1.54) is 116 Å². The molecule has 0 aromatic carbocycles. The van der Waals surface area contributed by atoms with Gasteiger partial charge in [0.2, 0.25) is 0 Å². The van der Waals surface area contributed by atoms with Crippen molar-refractivity contribution in [3.8, 4) is 0 Å². The van der Waals surface area contributed by atoms with Crippen molar-refractivity contribution >= 4 is 5.97 Å². The number of allylic oxidation sites excluding steroid dienone is 8. The number of rotatable bonds is 20. The molecule has 0 amide bonds. The Hall–Kier alpha value is -1.57. The lowest BCUT2D eigenvalue weighted by Gasteiger charge is -2.60. The highest BCUT2D eigenvalue weighted by Gasteiger charge is 2.62. The second-order valence-corrected chi connectivity index (χ2v) is 18.8. The van der Waals surface area contributed by atoms with E-state index in [4.69, 9.17) is 4.74 Å². The fourth-order valence-corrected chi connectivity index (χ4v) is 12.1. The molecule has 0 spiro atoms. The SMILES string of the molecule is CCCCCC=CCC=CCCCCCCCC(=O)OC1CCC2(C)C3=C(CCC2C1C)C1(C)CCC(C(C)CCC(CC)=C(C)C)C1(C)CC3.